The van der Waals surface area contributed by atoms with Gasteiger partial charge < -0.3 is 13.8 Å². The van der Waals surface area contributed by atoms with Gasteiger partial charge in [-0.15, -0.1) is 0 Å². The van der Waals surface area contributed by atoms with Crippen molar-refractivity contribution in [3.63, 3.8) is 0 Å². The summed E-state index contributed by atoms with van der Waals surface area (Å²) in [4.78, 5) is 0. The maximum absolute atomic E-state index is 2.53. The maximum atomic E-state index is 2.53. The third-order valence-electron chi connectivity index (χ3n) is 3.42. The van der Waals surface area contributed by atoms with Crippen LogP contribution in [-0.2, 0) is 0 Å². The minimum absolute atomic E-state index is 0.539. The molecule has 0 saturated carbocycles. The molecule has 1 saturated heterocycles. The van der Waals surface area contributed by atoms with Crippen molar-refractivity contribution in [1.29, 1.82) is 0 Å². The van der Waals surface area contributed by atoms with E-state index in [4.69, 9.17) is 0 Å². The number of rotatable bonds is 1. The van der Waals surface area contributed by atoms with Crippen molar-refractivity contribution in [3.8, 4) is 0 Å². The van der Waals surface area contributed by atoms with E-state index in [1.54, 1.807) is 0 Å². The second-order valence-corrected chi connectivity index (χ2v) is 4.82. The van der Waals surface area contributed by atoms with Gasteiger partial charge in [-0.05, 0) is 14.1 Å². The molecule has 0 aromatic rings. The van der Waals surface area contributed by atoms with Crippen LogP contribution >= 0.6 is 0 Å². The Hall–Kier alpha value is 0.292. The van der Waals surface area contributed by atoms with Gasteiger partial charge in [-0.1, -0.05) is 27.0 Å². The van der Waals surface area contributed by atoms with Gasteiger partial charge in [-0.3, -0.25) is 0 Å². The van der Waals surface area contributed by atoms with Crippen LogP contribution in [0, 0.1) is 0 Å². The summed E-state index contributed by atoms with van der Waals surface area (Å²) in [5, 5.41) is 0. The Labute approximate surface area is 86.1 Å². The van der Waals surface area contributed by atoms with Crippen LogP contribution in [0.3, 0.4) is 0 Å². The van der Waals surface area contributed by atoms with Crippen molar-refractivity contribution in [1.82, 2.24) is 13.8 Å². The molecular formula is C6H18B3N3Si. The molecule has 7 heteroatoms. The van der Waals surface area contributed by atoms with Crippen LogP contribution in [0.4, 0.5) is 0 Å². The molecule has 0 aromatic heterocycles. The van der Waals surface area contributed by atoms with Gasteiger partial charge in [0.25, 0.3) is 20.9 Å². The lowest BCUT2D eigenvalue weighted by molar-refractivity contribution is 0.590. The number of hydrogen-bond acceptors (Lipinski definition) is 3. The highest BCUT2D eigenvalue weighted by Gasteiger charge is 2.42. The smallest absolute Gasteiger partial charge is 0.286 e. The second-order valence-electron chi connectivity index (χ2n) is 3.86. The molecule has 0 bridgehead atoms. The van der Waals surface area contributed by atoms with Gasteiger partial charge in [0.2, 0.25) is 0 Å². The van der Waals surface area contributed by atoms with Crippen LogP contribution in [-0.4, -0.2) is 58.6 Å². The monoisotopic (exact) mass is 193 g/mol. The predicted octanol–water partition coefficient (Wildman–Crippen LogP) is 0.187. The minimum atomic E-state index is 0.539. The Bertz CT molecular complexity index is 169. The lowest BCUT2D eigenvalue weighted by Gasteiger charge is -2.49. The fourth-order valence-corrected chi connectivity index (χ4v) is 3.10. The molecule has 0 aliphatic carbocycles. The van der Waals surface area contributed by atoms with E-state index in [1.807, 2.05) is 0 Å². The van der Waals surface area contributed by atoms with Crippen molar-refractivity contribution in [2.45, 2.75) is 27.0 Å². The quantitative estimate of drug-likeness (QED) is 0.550. The Balaban J connectivity index is 2.79. The lowest BCUT2D eigenvalue weighted by Crippen LogP contribution is -2.73. The SMILES string of the molecule is C[Si]N1B(C)N(C)B(C)N(C)B1C. The first-order valence-electron chi connectivity index (χ1n) is 4.90. The zero-order valence-electron chi connectivity index (χ0n) is 9.57. The molecule has 1 fully saturated rings. The normalized spacial score (nSPS) is 23.1. The zero-order chi connectivity index (χ0) is 10.2. The fourth-order valence-electron chi connectivity index (χ4n) is 1.99. The number of nitrogens with zero attached hydrogens (tertiary/aromatic N) is 3. The summed E-state index contributed by atoms with van der Waals surface area (Å²) in [6.45, 7) is 10.8. The van der Waals surface area contributed by atoms with Gasteiger partial charge in [0.1, 0.15) is 9.68 Å². The highest BCUT2D eigenvalue weighted by Crippen LogP contribution is 2.14. The molecule has 1 heterocycles. The molecule has 0 N–H and O–H groups in total. The van der Waals surface area contributed by atoms with Gasteiger partial charge in [-0.2, -0.15) is 0 Å². The topological polar surface area (TPSA) is 9.72 Å². The van der Waals surface area contributed by atoms with E-state index in [-0.39, 0.29) is 0 Å². The molecule has 2 radical (unpaired) electrons. The summed E-state index contributed by atoms with van der Waals surface area (Å²) < 4.78 is 7.35. The summed E-state index contributed by atoms with van der Waals surface area (Å²) >= 11 is 0. The van der Waals surface area contributed by atoms with Crippen molar-refractivity contribution in [2.75, 3.05) is 14.1 Å². The van der Waals surface area contributed by atoms with E-state index in [1.165, 1.54) is 0 Å². The highest BCUT2D eigenvalue weighted by atomic mass is 28.2. The standard InChI is InChI=1S/C6H18B3N3Si/c1-7-10(4)8(2)12(13-6)9(3)11(7)5/h1-6H3. The van der Waals surface area contributed by atoms with Gasteiger partial charge >= 0.3 is 0 Å². The van der Waals surface area contributed by atoms with Crippen LogP contribution in [0.2, 0.25) is 27.0 Å². The molecule has 13 heavy (non-hydrogen) atoms. The summed E-state index contributed by atoms with van der Waals surface area (Å²) in [7, 11) is 5.28. The second kappa shape index (κ2) is 4.21. The van der Waals surface area contributed by atoms with Gasteiger partial charge in [0, 0.05) is 0 Å². The molecule has 0 atom stereocenters. The van der Waals surface area contributed by atoms with Crippen LogP contribution in [0.15, 0.2) is 0 Å². The molecule has 70 valence electrons. The van der Waals surface area contributed by atoms with Crippen molar-refractivity contribution < 1.29 is 0 Å². The maximum Gasteiger partial charge on any atom is 0.286 e. The molecule has 3 nitrogen and oxygen atoms in total. The Morgan fingerprint density at radius 2 is 1.23 bits per heavy atom. The summed E-state index contributed by atoms with van der Waals surface area (Å²) in [6, 6.07) is 0. The van der Waals surface area contributed by atoms with Gasteiger partial charge in [0.15, 0.2) is 0 Å². The first-order chi connectivity index (χ1) is 6.00. The predicted molar refractivity (Wildman–Crippen MR) is 63.8 cm³/mol. The molecule has 0 amide bonds. The fraction of sp³-hybridized carbons (Fsp3) is 1.00. The largest absolute Gasteiger partial charge is 0.383 e. The lowest BCUT2D eigenvalue weighted by atomic mass is 9.48. The summed E-state index contributed by atoms with van der Waals surface area (Å²) in [5.41, 5.74) is 0. The summed E-state index contributed by atoms with van der Waals surface area (Å²) in [5.74, 6) is 0. The van der Waals surface area contributed by atoms with Gasteiger partial charge in [-0.25, -0.2) is 0 Å². The van der Waals surface area contributed by atoms with Crippen LogP contribution in [0.5, 0.6) is 0 Å². The van der Waals surface area contributed by atoms with E-state index in [0.717, 1.165) is 9.68 Å². The average Bonchev–Trinajstić information content (AvgIpc) is 2.13. The molecule has 1 aliphatic heterocycles. The first kappa shape index (κ1) is 11.4. The highest BCUT2D eigenvalue weighted by molar-refractivity contribution is 6.89. The first-order valence-corrected chi connectivity index (χ1v) is 6.35. The molecular weight excluding hydrogens is 175 g/mol. The Kier molecular flexibility index (Phi) is 3.68. The molecule has 1 aliphatic rings. The van der Waals surface area contributed by atoms with E-state index >= 15 is 0 Å². The van der Waals surface area contributed by atoms with E-state index in [0.29, 0.717) is 20.9 Å². The van der Waals surface area contributed by atoms with Crippen LogP contribution < -0.4 is 0 Å². The summed E-state index contributed by atoms with van der Waals surface area (Å²) in [6.07, 6.45) is 0. The van der Waals surface area contributed by atoms with Crippen LogP contribution in [0.25, 0.3) is 0 Å². The molecule has 1 rings (SSSR count). The van der Waals surface area contributed by atoms with Crippen molar-refractivity contribution in [3.05, 3.63) is 0 Å². The Morgan fingerprint density at radius 1 is 0.846 bits per heavy atom. The zero-order valence-corrected chi connectivity index (χ0v) is 10.6. The van der Waals surface area contributed by atoms with Crippen molar-refractivity contribution in [2.24, 2.45) is 0 Å². The van der Waals surface area contributed by atoms with Crippen molar-refractivity contribution >= 4 is 30.6 Å². The average molecular weight is 193 g/mol. The van der Waals surface area contributed by atoms with Gasteiger partial charge in [0.05, 0.1) is 0 Å². The van der Waals surface area contributed by atoms with E-state index in [9.17, 15) is 0 Å². The Morgan fingerprint density at radius 3 is 1.54 bits per heavy atom. The third-order valence-corrected chi connectivity index (χ3v) is 4.68. The molecule has 0 aromatic carbocycles. The van der Waals surface area contributed by atoms with Crippen LogP contribution in [0.1, 0.15) is 0 Å². The molecule has 0 unspecified atom stereocenters. The third kappa shape index (κ3) is 1.88. The van der Waals surface area contributed by atoms with E-state index in [2.05, 4.69) is 54.9 Å². The molecule has 0 spiro atoms. The number of hydrogen-bond donors (Lipinski definition) is 0. The van der Waals surface area contributed by atoms with E-state index < -0.39 is 0 Å². The minimum Gasteiger partial charge on any atom is -0.383 e.